The quantitative estimate of drug-likeness (QED) is 0.610. The summed E-state index contributed by atoms with van der Waals surface area (Å²) in [5, 5.41) is 2.48. The van der Waals surface area contributed by atoms with Crippen molar-refractivity contribution in [2.45, 2.75) is 25.6 Å². The van der Waals surface area contributed by atoms with Crippen molar-refractivity contribution in [2.24, 2.45) is 0 Å². The van der Waals surface area contributed by atoms with Gasteiger partial charge < -0.3 is 10.1 Å². The first-order valence-corrected chi connectivity index (χ1v) is 11.4. The second-order valence-corrected chi connectivity index (χ2v) is 9.05. The first kappa shape index (κ1) is 24.8. The minimum atomic E-state index is -4.70. The Bertz CT molecular complexity index is 1030. The molecular weight excluding hydrogens is 457 g/mol. The van der Waals surface area contributed by atoms with Crippen LogP contribution in [0.1, 0.15) is 30.5 Å². The fourth-order valence-electron chi connectivity index (χ4n) is 2.89. The molecule has 1 N–H and O–H groups in total. The lowest BCUT2D eigenvalue weighted by Crippen LogP contribution is -2.41. The smallest absolute Gasteiger partial charge is 0.416 e. The lowest BCUT2D eigenvalue weighted by Gasteiger charge is -2.25. The van der Waals surface area contributed by atoms with Crippen molar-refractivity contribution < 1.29 is 31.1 Å². The van der Waals surface area contributed by atoms with Crippen LogP contribution in [0.25, 0.3) is 0 Å². The van der Waals surface area contributed by atoms with Gasteiger partial charge in [0.25, 0.3) is 0 Å². The van der Waals surface area contributed by atoms with E-state index in [1.165, 1.54) is 7.11 Å². The number of carbonyl (C=O) groups excluding carboxylic acids is 1. The predicted octanol–water partition coefficient (Wildman–Crippen LogP) is 4.40. The van der Waals surface area contributed by atoms with Crippen LogP contribution < -0.4 is 14.4 Å². The Balaban J connectivity index is 2.30. The summed E-state index contributed by atoms with van der Waals surface area (Å²) in [6.07, 6.45) is -3.41. The van der Waals surface area contributed by atoms with Gasteiger partial charge in [0.1, 0.15) is 12.3 Å². The number of nitrogens with one attached hydrogen (secondary N) is 1. The summed E-state index contributed by atoms with van der Waals surface area (Å²) in [6.45, 7) is 1.10. The highest BCUT2D eigenvalue weighted by Gasteiger charge is 2.33. The van der Waals surface area contributed by atoms with E-state index >= 15 is 0 Å². The van der Waals surface area contributed by atoms with E-state index in [0.717, 1.165) is 24.0 Å². The van der Waals surface area contributed by atoms with Crippen molar-refractivity contribution in [3.8, 4) is 5.75 Å². The van der Waals surface area contributed by atoms with Gasteiger partial charge in [-0.05, 0) is 42.3 Å². The lowest BCUT2D eigenvalue weighted by molar-refractivity contribution is -0.137. The Morgan fingerprint density at radius 1 is 1.19 bits per heavy atom. The largest absolute Gasteiger partial charge is 0.497 e. The molecular formula is C20H22ClF3N2O4S. The molecule has 1 amide bonds. The number of carbonyl (C=O) groups is 1. The molecule has 0 heterocycles. The number of anilines is 1. The van der Waals surface area contributed by atoms with Crippen LogP contribution in [0.3, 0.4) is 0 Å². The average Bonchev–Trinajstić information content (AvgIpc) is 2.69. The first-order chi connectivity index (χ1) is 14.4. The number of sulfonamides is 1. The van der Waals surface area contributed by atoms with Crippen molar-refractivity contribution in [3.05, 3.63) is 58.6 Å². The number of ether oxygens (including phenoxy) is 1. The summed E-state index contributed by atoms with van der Waals surface area (Å²) in [7, 11) is -2.59. The van der Waals surface area contributed by atoms with Gasteiger partial charge in [-0.15, -0.1) is 0 Å². The maximum Gasteiger partial charge on any atom is 0.416 e. The highest BCUT2D eigenvalue weighted by molar-refractivity contribution is 7.92. The summed E-state index contributed by atoms with van der Waals surface area (Å²) in [4.78, 5) is 12.6. The zero-order valence-electron chi connectivity index (χ0n) is 17.0. The van der Waals surface area contributed by atoms with E-state index in [1.807, 2.05) is 6.92 Å². The monoisotopic (exact) mass is 478 g/mol. The Hall–Kier alpha value is -2.46. The van der Waals surface area contributed by atoms with E-state index in [1.54, 1.807) is 24.3 Å². The van der Waals surface area contributed by atoms with Crippen molar-refractivity contribution in [1.82, 2.24) is 5.32 Å². The van der Waals surface area contributed by atoms with Crippen LogP contribution in [0.2, 0.25) is 5.02 Å². The molecule has 0 spiro atoms. The van der Waals surface area contributed by atoms with E-state index in [9.17, 15) is 26.4 Å². The van der Waals surface area contributed by atoms with E-state index in [-0.39, 0.29) is 5.02 Å². The second-order valence-electron chi connectivity index (χ2n) is 6.74. The van der Waals surface area contributed by atoms with Gasteiger partial charge in [0.05, 0.1) is 35.7 Å². The van der Waals surface area contributed by atoms with Crippen LogP contribution in [0.15, 0.2) is 42.5 Å². The molecule has 1 atom stereocenters. The molecule has 0 fully saturated rings. The Labute approximate surface area is 184 Å². The van der Waals surface area contributed by atoms with Gasteiger partial charge in [-0.3, -0.25) is 9.10 Å². The molecule has 0 saturated carbocycles. The number of amides is 1. The zero-order valence-corrected chi connectivity index (χ0v) is 18.6. The molecule has 0 aliphatic rings. The van der Waals surface area contributed by atoms with Crippen molar-refractivity contribution in [1.29, 1.82) is 0 Å². The topological polar surface area (TPSA) is 75.7 Å². The third-order valence-corrected chi connectivity index (χ3v) is 5.94. The fourth-order valence-corrected chi connectivity index (χ4v) is 4.02. The SMILES string of the molecule is CC[C@H](NC(=O)CN(c1cc(C(F)(F)F)ccc1Cl)S(C)(=O)=O)c1ccc(OC)cc1. The number of nitrogens with zero attached hydrogens (tertiary/aromatic N) is 1. The average molecular weight is 479 g/mol. The Morgan fingerprint density at radius 3 is 2.29 bits per heavy atom. The summed E-state index contributed by atoms with van der Waals surface area (Å²) in [6, 6.07) is 8.81. The van der Waals surface area contributed by atoms with Crippen LogP contribution in [0.5, 0.6) is 5.75 Å². The molecule has 0 unspecified atom stereocenters. The van der Waals surface area contributed by atoms with E-state index in [0.29, 0.717) is 22.5 Å². The highest BCUT2D eigenvalue weighted by atomic mass is 35.5. The van der Waals surface area contributed by atoms with Crippen LogP contribution in [0, 0.1) is 0 Å². The molecule has 0 radical (unpaired) electrons. The number of hydrogen-bond donors (Lipinski definition) is 1. The molecule has 6 nitrogen and oxygen atoms in total. The van der Waals surface area contributed by atoms with Gasteiger partial charge >= 0.3 is 6.18 Å². The number of benzene rings is 2. The molecule has 31 heavy (non-hydrogen) atoms. The van der Waals surface area contributed by atoms with Gasteiger partial charge in [-0.2, -0.15) is 13.2 Å². The number of halogens is 4. The molecule has 2 rings (SSSR count). The molecule has 0 aliphatic heterocycles. The Morgan fingerprint density at radius 2 is 1.81 bits per heavy atom. The van der Waals surface area contributed by atoms with Crippen LogP contribution in [-0.4, -0.2) is 34.2 Å². The summed E-state index contributed by atoms with van der Waals surface area (Å²) < 4.78 is 69.4. The zero-order chi connectivity index (χ0) is 23.4. The summed E-state index contributed by atoms with van der Waals surface area (Å²) in [5.41, 5.74) is -0.739. The lowest BCUT2D eigenvalue weighted by atomic mass is 10.0. The van der Waals surface area contributed by atoms with Crippen molar-refractivity contribution in [3.63, 3.8) is 0 Å². The molecule has 0 aromatic heterocycles. The maximum absolute atomic E-state index is 13.1. The summed E-state index contributed by atoms with van der Waals surface area (Å²) in [5.74, 6) is -0.0612. The molecule has 2 aromatic rings. The van der Waals surface area contributed by atoms with Gasteiger partial charge in [-0.25, -0.2) is 8.42 Å². The predicted molar refractivity (Wildman–Crippen MR) is 113 cm³/mol. The minimum absolute atomic E-state index is 0.228. The number of methoxy groups -OCH3 is 1. The standard InChI is InChI=1S/C20H22ClF3N2O4S/c1-4-17(13-5-8-15(30-2)9-6-13)25-19(27)12-26(31(3,28)29)18-11-14(20(22,23)24)7-10-16(18)21/h5-11,17H,4,12H2,1-3H3,(H,25,27)/t17-/m0/s1. The summed E-state index contributed by atoms with van der Waals surface area (Å²) >= 11 is 5.97. The molecule has 0 aliphatic carbocycles. The third kappa shape index (κ3) is 6.51. The molecule has 11 heteroatoms. The number of alkyl halides is 3. The van der Waals surface area contributed by atoms with Crippen molar-refractivity contribution in [2.75, 3.05) is 24.2 Å². The van der Waals surface area contributed by atoms with Gasteiger partial charge in [-0.1, -0.05) is 30.7 Å². The van der Waals surface area contributed by atoms with E-state index in [2.05, 4.69) is 5.32 Å². The van der Waals surface area contributed by atoms with Gasteiger partial charge in [0.15, 0.2) is 0 Å². The van der Waals surface area contributed by atoms with Gasteiger partial charge in [0.2, 0.25) is 15.9 Å². The minimum Gasteiger partial charge on any atom is -0.497 e. The molecule has 0 bridgehead atoms. The van der Waals surface area contributed by atoms with Crippen LogP contribution in [-0.2, 0) is 21.0 Å². The van der Waals surface area contributed by atoms with Crippen molar-refractivity contribution >= 4 is 33.2 Å². The van der Waals surface area contributed by atoms with E-state index < -0.39 is 45.9 Å². The number of hydrogen-bond acceptors (Lipinski definition) is 4. The molecule has 2 aromatic carbocycles. The van der Waals surface area contributed by atoms with Crippen LogP contribution in [0.4, 0.5) is 18.9 Å². The third-order valence-electron chi connectivity index (χ3n) is 4.49. The molecule has 0 saturated heterocycles. The fraction of sp³-hybridized carbons (Fsp3) is 0.350. The molecule has 170 valence electrons. The van der Waals surface area contributed by atoms with E-state index in [4.69, 9.17) is 16.3 Å². The van der Waals surface area contributed by atoms with Gasteiger partial charge in [0, 0.05) is 0 Å². The second kappa shape index (κ2) is 9.78. The van der Waals surface area contributed by atoms with Crippen LogP contribution >= 0.6 is 11.6 Å². The number of rotatable bonds is 8. The maximum atomic E-state index is 13.1. The highest BCUT2D eigenvalue weighted by Crippen LogP contribution is 2.36. The normalized spacial score (nSPS) is 12.9. The Kier molecular flexibility index (Phi) is 7.82. The first-order valence-electron chi connectivity index (χ1n) is 9.14.